The number of rotatable bonds is 3. The molecule has 2 saturated heterocycles. The number of carbonyl (C=O) groups excluding carboxylic acids is 2. The highest BCUT2D eigenvalue weighted by Crippen LogP contribution is 2.22. The van der Waals surface area contributed by atoms with Crippen molar-refractivity contribution < 1.29 is 9.59 Å². The van der Waals surface area contributed by atoms with E-state index in [-0.39, 0.29) is 30.0 Å². The van der Waals surface area contributed by atoms with E-state index in [2.05, 4.69) is 5.10 Å². The van der Waals surface area contributed by atoms with Crippen LogP contribution in [0.1, 0.15) is 50.8 Å². The maximum atomic E-state index is 12.7. The summed E-state index contributed by atoms with van der Waals surface area (Å²) < 4.78 is 3.05. The molecule has 0 atom stereocenters. The quantitative estimate of drug-likeness (QED) is 0.776. The van der Waals surface area contributed by atoms with Crippen molar-refractivity contribution >= 4 is 11.8 Å². The topological polar surface area (TPSA) is 80.4 Å². The maximum absolute atomic E-state index is 12.7. The van der Waals surface area contributed by atoms with Gasteiger partial charge in [-0.2, -0.15) is 5.10 Å². The lowest BCUT2D eigenvalue weighted by atomic mass is 9.95. The first-order valence-corrected chi connectivity index (χ1v) is 10.4. The number of nitrogens with zero attached hydrogens (tertiary/aromatic N) is 5. The molecule has 0 bridgehead atoms. The first-order valence-electron chi connectivity index (χ1n) is 10.4. The summed E-state index contributed by atoms with van der Waals surface area (Å²) >= 11 is 0. The van der Waals surface area contributed by atoms with Crippen molar-refractivity contribution in [1.82, 2.24) is 24.1 Å². The maximum Gasteiger partial charge on any atom is 0.346 e. The van der Waals surface area contributed by atoms with Crippen LogP contribution < -0.4 is 5.69 Å². The normalized spacial score (nSPS) is 21.2. The van der Waals surface area contributed by atoms with Gasteiger partial charge in [-0.1, -0.05) is 6.42 Å². The highest BCUT2D eigenvalue weighted by atomic mass is 16.2. The molecule has 4 heterocycles. The zero-order valence-electron chi connectivity index (χ0n) is 15.9. The largest absolute Gasteiger partial charge is 0.346 e. The summed E-state index contributed by atoms with van der Waals surface area (Å²) in [5.74, 6) is 1.03. The lowest BCUT2D eigenvalue weighted by Crippen LogP contribution is -2.45. The Morgan fingerprint density at radius 2 is 1.59 bits per heavy atom. The summed E-state index contributed by atoms with van der Waals surface area (Å²) in [4.78, 5) is 41.4. The highest BCUT2D eigenvalue weighted by Gasteiger charge is 2.31. The highest BCUT2D eigenvalue weighted by molar-refractivity contribution is 5.80. The van der Waals surface area contributed by atoms with Crippen molar-refractivity contribution in [1.29, 1.82) is 0 Å². The van der Waals surface area contributed by atoms with Crippen LogP contribution in [0, 0.1) is 5.92 Å². The lowest BCUT2D eigenvalue weighted by Gasteiger charge is -2.33. The molecule has 2 amide bonds. The first kappa shape index (κ1) is 18.3. The van der Waals surface area contributed by atoms with Crippen LogP contribution in [0.25, 0.3) is 0 Å². The minimum atomic E-state index is -0.167. The molecule has 0 unspecified atom stereocenters. The number of hydrogen-bond donors (Lipinski definition) is 0. The van der Waals surface area contributed by atoms with Gasteiger partial charge in [-0.05, 0) is 38.5 Å². The van der Waals surface area contributed by atoms with Crippen LogP contribution in [-0.4, -0.2) is 62.1 Å². The zero-order valence-corrected chi connectivity index (χ0v) is 15.9. The molecule has 0 radical (unpaired) electrons. The molecule has 4 rings (SSSR count). The van der Waals surface area contributed by atoms with Gasteiger partial charge in [-0.25, -0.2) is 9.48 Å². The van der Waals surface area contributed by atoms with Gasteiger partial charge in [0.15, 0.2) is 0 Å². The second-order valence-corrected chi connectivity index (χ2v) is 8.01. The summed E-state index contributed by atoms with van der Waals surface area (Å²) in [6.07, 6.45) is 7.60. The van der Waals surface area contributed by atoms with Crippen LogP contribution in [0.4, 0.5) is 0 Å². The van der Waals surface area contributed by atoms with Crippen molar-refractivity contribution in [3.8, 4) is 0 Å². The third-order valence-electron chi connectivity index (χ3n) is 6.18. The zero-order chi connectivity index (χ0) is 18.8. The van der Waals surface area contributed by atoms with Crippen molar-refractivity contribution in [2.24, 2.45) is 5.92 Å². The number of fused-ring (bicyclic) bond motifs is 1. The standard InChI is InChI=1S/C19H29N5O3/c25-17(14-24-19(27)23-11-3-1-2-6-16(23)20-24)21-12-7-15(8-13-21)18(26)22-9-4-5-10-22/h15H,1-14H2. The summed E-state index contributed by atoms with van der Waals surface area (Å²) in [5.41, 5.74) is -0.167. The van der Waals surface area contributed by atoms with Crippen molar-refractivity contribution in [2.45, 2.75) is 64.5 Å². The molecule has 3 aliphatic heterocycles. The van der Waals surface area contributed by atoms with E-state index in [9.17, 15) is 14.4 Å². The van der Waals surface area contributed by atoms with E-state index in [4.69, 9.17) is 0 Å². The van der Waals surface area contributed by atoms with Gasteiger partial charge >= 0.3 is 5.69 Å². The van der Waals surface area contributed by atoms with Gasteiger partial charge in [0.25, 0.3) is 0 Å². The number of carbonyl (C=O) groups is 2. The molecule has 1 aromatic rings. The molecule has 8 heteroatoms. The predicted octanol–water partition coefficient (Wildman–Crippen LogP) is 0.632. The number of likely N-dealkylation sites (tertiary alicyclic amines) is 2. The van der Waals surface area contributed by atoms with E-state index in [1.54, 1.807) is 9.47 Å². The van der Waals surface area contributed by atoms with Crippen LogP contribution in [0.3, 0.4) is 0 Å². The average molecular weight is 375 g/mol. The van der Waals surface area contributed by atoms with Crippen LogP contribution in [0.15, 0.2) is 4.79 Å². The molecule has 1 aromatic heterocycles. The SMILES string of the molecule is O=C(Cn1nc2n(c1=O)CCCCC2)N1CCC(C(=O)N2CCCC2)CC1. The van der Waals surface area contributed by atoms with Crippen molar-refractivity contribution in [3.63, 3.8) is 0 Å². The number of amides is 2. The van der Waals surface area contributed by atoms with Crippen molar-refractivity contribution in [2.75, 3.05) is 26.2 Å². The predicted molar refractivity (Wildman–Crippen MR) is 99.2 cm³/mol. The molecular formula is C19H29N5O3. The van der Waals surface area contributed by atoms with Crippen LogP contribution in [0.2, 0.25) is 0 Å². The first-order chi connectivity index (χ1) is 13.1. The van der Waals surface area contributed by atoms with Crippen LogP contribution in [0.5, 0.6) is 0 Å². The fourth-order valence-corrected chi connectivity index (χ4v) is 4.53. The third-order valence-corrected chi connectivity index (χ3v) is 6.18. The summed E-state index contributed by atoms with van der Waals surface area (Å²) in [7, 11) is 0. The van der Waals surface area contributed by atoms with Gasteiger partial charge in [0, 0.05) is 45.1 Å². The van der Waals surface area contributed by atoms with Gasteiger partial charge in [-0.15, -0.1) is 0 Å². The Morgan fingerprint density at radius 1 is 0.889 bits per heavy atom. The molecule has 3 aliphatic rings. The van der Waals surface area contributed by atoms with Crippen LogP contribution in [-0.2, 0) is 29.1 Å². The minimum Gasteiger partial charge on any atom is -0.342 e. The smallest absolute Gasteiger partial charge is 0.342 e. The van der Waals surface area contributed by atoms with Crippen LogP contribution >= 0.6 is 0 Å². The van der Waals surface area contributed by atoms with Gasteiger partial charge in [0.05, 0.1) is 0 Å². The molecule has 0 spiro atoms. The Morgan fingerprint density at radius 3 is 2.33 bits per heavy atom. The van der Waals surface area contributed by atoms with E-state index in [0.717, 1.165) is 70.3 Å². The fourth-order valence-electron chi connectivity index (χ4n) is 4.53. The number of piperidine rings is 1. The second-order valence-electron chi connectivity index (χ2n) is 8.01. The van der Waals surface area contributed by atoms with Gasteiger partial charge in [-0.3, -0.25) is 14.2 Å². The molecule has 8 nitrogen and oxygen atoms in total. The Kier molecular flexibility index (Phi) is 5.31. The Balaban J connectivity index is 1.33. The Labute approximate surface area is 159 Å². The summed E-state index contributed by atoms with van der Waals surface area (Å²) in [6.45, 7) is 3.64. The molecule has 148 valence electrons. The minimum absolute atomic E-state index is 0.00354. The van der Waals surface area contributed by atoms with E-state index >= 15 is 0 Å². The van der Waals surface area contributed by atoms with E-state index in [1.165, 1.54) is 4.68 Å². The Bertz CT molecular complexity index is 754. The average Bonchev–Trinajstić information content (AvgIpc) is 3.25. The van der Waals surface area contributed by atoms with Gasteiger partial charge < -0.3 is 9.80 Å². The Hall–Kier alpha value is -2.12. The molecule has 0 saturated carbocycles. The summed E-state index contributed by atoms with van der Waals surface area (Å²) in [6, 6.07) is 0. The van der Waals surface area contributed by atoms with Gasteiger partial charge in [0.1, 0.15) is 12.4 Å². The van der Waals surface area contributed by atoms with Crippen molar-refractivity contribution in [3.05, 3.63) is 16.3 Å². The molecule has 27 heavy (non-hydrogen) atoms. The molecular weight excluding hydrogens is 346 g/mol. The number of aromatic nitrogens is 3. The second kappa shape index (κ2) is 7.86. The van der Waals surface area contributed by atoms with Gasteiger partial charge in [0.2, 0.25) is 11.8 Å². The molecule has 0 N–H and O–H groups in total. The van der Waals surface area contributed by atoms with E-state index < -0.39 is 0 Å². The molecule has 2 fully saturated rings. The lowest BCUT2D eigenvalue weighted by molar-refractivity contribution is -0.140. The summed E-state index contributed by atoms with van der Waals surface area (Å²) in [5, 5.41) is 4.40. The van der Waals surface area contributed by atoms with E-state index in [0.29, 0.717) is 19.6 Å². The molecule has 0 aliphatic carbocycles. The number of aryl methyl sites for hydroxylation is 1. The molecule has 0 aromatic carbocycles. The van der Waals surface area contributed by atoms with E-state index in [1.807, 2.05) is 4.90 Å². The third kappa shape index (κ3) is 3.80. The number of hydrogen-bond acceptors (Lipinski definition) is 4. The fraction of sp³-hybridized carbons (Fsp3) is 0.789. The monoisotopic (exact) mass is 375 g/mol.